The van der Waals surface area contributed by atoms with E-state index in [2.05, 4.69) is 10.3 Å². The third-order valence-corrected chi connectivity index (χ3v) is 2.81. The standard InChI is InChI=1S/C12H15ClN4/c13-10-3-1-4-11(14)12(10)16-5-2-7-17-8-6-15-9-17/h1,3-4,6,8-9,16H,2,5,7,14H2. The van der Waals surface area contributed by atoms with Crippen LogP contribution in [-0.4, -0.2) is 16.1 Å². The number of rotatable bonds is 5. The molecule has 0 amide bonds. The van der Waals surface area contributed by atoms with Crippen molar-refractivity contribution in [1.82, 2.24) is 9.55 Å². The van der Waals surface area contributed by atoms with Gasteiger partial charge in [-0.05, 0) is 18.6 Å². The van der Waals surface area contributed by atoms with E-state index in [0.29, 0.717) is 10.7 Å². The third kappa shape index (κ3) is 3.14. The van der Waals surface area contributed by atoms with Crippen LogP contribution < -0.4 is 11.1 Å². The molecule has 4 nitrogen and oxygen atoms in total. The molecule has 0 unspecified atom stereocenters. The quantitative estimate of drug-likeness (QED) is 0.634. The Morgan fingerprint density at radius 2 is 2.29 bits per heavy atom. The van der Waals surface area contributed by atoms with Gasteiger partial charge in [0.1, 0.15) is 0 Å². The van der Waals surface area contributed by atoms with Crippen molar-refractivity contribution in [3.8, 4) is 0 Å². The van der Waals surface area contributed by atoms with Crippen molar-refractivity contribution in [3.05, 3.63) is 41.9 Å². The lowest BCUT2D eigenvalue weighted by Gasteiger charge is -2.11. The smallest absolute Gasteiger partial charge is 0.0945 e. The maximum absolute atomic E-state index is 6.05. The van der Waals surface area contributed by atoms with Crippen LogP contribution in [0.25, 0.3) is 0 Å². The summed E-state index contributed by atoms with van der Waals surface area (Å²) >= 11 is 6.05. The molecular weight excluding hydrogens is 236 g/mol. The molecule has 17 heavy (non-hydrogen) atoms. The first kappa shape index (κ1) is 11.8. The van der Waals surface area contributed by atoms with Crippen LogP contribution in [-0.2, 0) is 6.54 Å². The first-order chi connectivity index (χ1) is 8.27. The Morgan fingerprint density at radius 3 is 3.00 bits per heavy atom. The Hall–Kier alpha value is -1.68. The zero-order chi connectivity index (χ0) is 12.1. The number of para-hydroxylation sites is 1. The number of nitrogens with one attached hydrogen (secondary N) is 1. The predicted octanol–water partition coefficient (Wildman–Crippen LogP) is 2.62. The van der Waals surface area contributed by atoms with Gasteiger partial charge in [-0.2, -0.15) is 0 Å². The third-order valence-electron chi connectivity index (χ3n) is 2.50. The lowest BCUT2D eigenvalue weighted by atomic mass is 10.2. The second-order valence-corrected chi connectivity index (χ2v) is 4.19. The van der Waals surface area contributed by atoms with Gasteiger partial charge in [0, 0.05) is 25.5 Å². The Kier molecular flexibility index (Phi) is 3.88. The molecule has 0 aliphatic rings. The van der Waals surface area contributed by atoms with Gasteiger partial charge in [-0.3, -0.25) is 0 Å². The summed E-state index contributed by atoms with van der Waals surface area (Å²) in [6.45, 7) is 1.75. The zero-order valence-corrected chi connectivity index (χ0v) is 10.2. The van der Waals surface area contributed by atoms with E-state index in [4.69, 9.17) is 17.3 Å². The molecule has 3 N–H and O–H groups in total. The monoisotopic (exact) mass is 250 g/mol. The second kappa shape index (κ2) is 5.59. The van der Waals surface area contributed by atoms with Crippen LogP contribution in [0.15, 0.2) is 36.9 Å². The molecule has 0 bridgehead atoms. The summed E-state index contributed by atoms with van der Waals surface area (Å²) in [7, 11) is 0. The average molecular weight is 251 g/mol. The van der Waals surface area contributed by atoms with E-state index >= 15 is 0 Å². The number of imidazole rings is 1. The van der Waals surface area contributed by atoms with Crippen molar-refractivity contribution in [2.45, 2.75) is 13.0 Å². The van der Waals surface area contributed by atoms with Gasteiger partial charge in [0.25, 0.3) is 0 Å². The van der Waals surface area contributed by atoms with Crippen molar-refractivity contribution < 1.29 is 0 Å². The molecule has 0 fully saturated rings. The highest BCUT2D eigenvalue weighted by molar-refractivity contribution is 6.33. The number of halogens is 1. The van der Waals surface area contributed by atoms with E-state index < -0.39 is 0 Å². The lowest BCUT2D eigenvalue weighted by Crippen LogP contribution is -2.07. The number of hydrogen-bond donors (Lipinski definition) is 2. The molecule has 0 atom stereocenters. The highest BCUT2D eigenvalue weighted by Gasteiger charge is 2.02. The maximum Gasteiger partial charge on any atom is 0.0945 e. The molecule has 1 aromatic carbocycles. The SMILES string of the molecule is Nc1cccc(Cl)c1NCCCn1ccnc1. The zero-order valence-electron chi connectivity index (χ0n) is 9.44. The van der Waals surface area contributed by atoms with E-state index in [1.807, 2.05) is 35.3 Å². The van der Waals surface area contributed by atoms with Crippen LogP contribution in [0.1, 0.15) is 6.42 Å². The summed E-state index contributed by atoms with van der Waals surface area (Å²) in [6.07, 6.45) is 6.52. The minimum absolute atomic E-state index is 0.660. The minimum atomic E-state index is 0.660. The van der Waals surface area contributed by atoms with Crippen LogP contribution in [0.2, 0.25) is 5.02 Å². The van der Waals surface area contributed by atoms with Crippen LogP contribution in [0.5, 0.6) is 0 Å². The average Bonchev–Trinajstić information content (AvgIpc) is 2.80. The number of nitrogens with two attached hydrogens (primary N) is 1. The Labute approximate surface area is 105 Å². The minimum Gasteiger partial charge on any atom is -0.397 e. The summed E-state index contributed by atoms with van der Waals surface area (Å²) in [6, 6.07) is 5.51. The number of nitrogen functional groups attached to an aromatic ring is 1. The predicted molar refractivity (Wildman–Crippen MR) is 71.2 cm³/mol. The van der Waals surface area contributed by atoms with Crippen molar-refractivity contribution in [1.29, 1.82) is 0 Å². The number of benzene rings is 1. The number of aromatic nitrogens is 2. The summed E-state index contributed by atoms with van der Waals surface area (Å²) in [5, 5.41) is 3.91. The molecule has 0 saturated carbocycles. The van der Waals surface area contributed by atoms with E-state index in [-0.39, 0.29) is 0 Å². The summed E-state index contributed by atoms with van der Waals surface area (Å²) in [5.74, 6) is 0. The molecule has 2 rings (SSSR count). The molecule has 0 radical (unpaired) electrons. The maximum atomic E-state index is 6.05. The largest absolute Gasteiger partial charge is 0.397 e. The first-order valence-corrected chi connectivity index (χ1v) is 5.89. The summed E-state index contributed by atoms with van der Waals surface area (Å²) in [4.78, 5) is 3.99. The Balaban J connectivity index is 1.82. The van der Waals surface area contributed by atoms with E-state index in [1.165, 1.54) is 0 Å². The molecule has 1 heterocycles. The van der Waals surface area contributed by atoms with Gasteiger partial charge in [0.05, 0.1) is 22.7 Å². The first-order valence-electron chi connectivity index (χ1n) is 5.51. The van der Waals surface area contributed by atoms with E-state index in [0.717, 1.165) is 25.2 Å². The fourth-order valence-corrected chi connectivity index (χ4v) is 1.87. The lowest BCUT2D eigenvalue weighted by molar-refractivity contribution is 0.661. The second-order valence-electron chi connectivity index (χ2n) is 3.78. The molecule has 0 saturated heterocycles. The highest BCUT2D eigenvalue weighted by Crippen LogP contribution is 2.27. The topological polar surface area (TPSA) is 55.9 Å². The van der Waals surface area contributed by atoms with Crippen LogP contribution in [0.4, 0.5) is 11.4 Å². The van der Waals surface area contributed by atoms with E-state index in [1.54, 1.807) is 6.20 Å². The normalized spacial score (nSPS) is 10.4. The molecule has 0 aliphatic carbocycles. The van der Waals surface area contributed by atoms with E-state index in [9.17, 15) is 0 Å². The molecule has 90 valence electrons. The summed E-state index contributed by atoms with van der Waals surface area (Å²) in [5.41, 5.74) is 7.34. The van der Waals surface area contributed by atoms with Crippen LogP contribution in [0.3, 0.4) is 0 Å². The fraction of sp³-hybridized carbons (Fsp3) is 0.250. The van der Waals surface area contributed by atoms with Crippen LogP contribution >= 0.6 is 11.6 Å². The van der Waals surface area contributed by atoms with Crippen LogP contribution in [0, 0.1) is 0 Å². The van der Waals surface area contributed by atoms with Gasteiger partial charge in [0.2, 0.25) is 0 Å². The number of hydrogen-bond acceptors (Lipinski definition) is 3. The number of anilines is 2. The molecule has 1 aromatic heterocycles. The van der Waals surface area contributed by atoms with Gasteiger partial charge in [-0.25, -0.2) is 4.98 Å². The van der Waals surface area contributed by atoms with Crippen molar-refractivity contribution >= 4 is 23.0 Å². The number of nitrogens with zero attached hydrogens (tertiary/aromatic N) is 2. The van der Waals surface area contributed by atoms with Gasteiger partial charge in [-0.1, -0.05) is 17.7 Å². The molecule has 0 spiro atoms. The molecule has 0 aliphatic heterocycles. The van der Waals surface area contributed by atoms with Crippen molar-refractivity contribution in [2.24, 2.45) is 0 Å². The Bertz CT molecular complexity index is 447. The van der Waals surface area contributed by atoms with Crippen molar-refractivity contribution in [3.63, 3.8) is 0 Å². The Morgan fingerprint density at radius 1 is 1.41 bits per heavy atom. The highest BCUT2D eigenvalue weighted by atomic mass is 35.5. The molecule has 2 aromatic rings. The summed E-state index contributed by atoms with van der Waals surface area (Å²) < 4.78 is 2.04. The van der Waals surface area contributed by atoms with Crippen molar-refractivity contribution in [2.75, 3.05) is 17.6 Å². The number of aryl methyl sites for hydroxylation is 1. The molecule has 5 heteroatoms. The van der Waals surface area contributed by atoms with Gasteiger partial charge in [0.15, 0.2) is 0 Å². The molecular formula is C12H15ClN4. The van der Waals surface area contributed by atoms with Gasteiger partial charge < -0.3 is 15.6 Å². The fourth-order valence-electron chi connectivity index (χ4n) is 1.62. The van der Waals surface area contributed by atoms with Gasteiger partial charge in [-0.15, -0.1) is 0 Å². The van der Waals surface area contributed by atoms with Gasteiger partial charge >= 0.3 is 0 Å².